The number of amides is 2. The Morgan fingerprint density at radius 2 is 2.00 bits per heavy atom. The van der Waals surface area contributed by atoms with E-state index in [1.165, 1.54) is 12.1 Å². The van der Waals surface area contributed by atoms with Crippen LogP contribution in [0.2, 0.25) is 0 Å². The Labute approximate surface area is 214 Å². The van der Waals surface area contributed by atoms with Crippen LogP contribution in [0.3, 0.4) is 0 Å². The fraction of sp³-hybridized carbons (Fsp3) is 0.633. The van der Waals surface area contributed by atoms with Gasteiger partial charge in [0.1, 0.15) is 11.9 Å². The minimum atomic E-state index is -0.283. The number of nitrogens with zero attached hydrogens (tertiary/aromatic N) is 3. The van der Waals surface area contributed by atoms with E-state index < -0.39 is 0 Å². The highest BCUT2D eigenvalue weighted by molar-refractivity contribution is 5.88. The first-order chi connectivity index (χ1) is 17.5. The normalized spacial score (nSPS) is 32.5. The Morgan fingerprint density at radius 1 is 1.14 bits per heavy atom. The maximum atomic E-state index is 13.7. The summed E-state index contributed by atoms with van der Waals surface area (Å²) in [4.78, 5) is 39.1. The van der Waals surface area contributed by atoms with Gasteiger partial charge in [0.2, 0.25) is 11.8 Å². The van der Waals surface area contributed by atoms with E-state index in [0.717, 1.165) is 69.4 Å². The number of carbonyl (C=O) groups is 2. The molecule has 0 aromatic carbocycles. The molecule has 0 bridgehead atoms. The van der Waals surface area contributed by atoms with E-state index >= 15 is 0 Å². The molecule has 6 heteroatoms. The zero-order chi connectivity index (χ0) is 24.7. The summed E-state index contributed by atoms with van der Waals surface area (Å²) in [6.45, 7) is 3.87. The van der Waals surface area contributed by atoms with E-state index in [1.807, 2.05) is 4.90 Å². The fourth-order valence-corrected chi connectivity index (χ4v) is 6.89. The zero-order valence-corrected chi connectivity index (χ0v) is 21.6. The van der Waals surface area contributed by atoms with Crippen LogP contribution < -0.4 is 0 Å². The van der Waals surface area contributed by atoms with Crippen molar-refractivity contribution < 1.29 is 9.59 Å². The first-order valence-electron chi connectivity index (χ1n) is 14.2. The SMILES string of the molecule is CC1(CCC2CCCN2C(=O)[C@@H]2CCCN2C(=O)CCc2nc3c([nH]2)C2CC2C=C3)C=CCC=CC1. The molecule has 2 saturated heterocycles. The van der Waals surface area contributed by atoms with Crippen molar-refractivity contribution in [2.24, 2.45) is 11.3 Å². The van der Waals surface area contributed by atoms with E-state index in [2.05, 4.69) is 53.3 Å². The van der Waals surface area contributed by atoms with E-state index in [-0.39, 0.29) is 23.3 Å². The van der Waals surface area contributed by atoms with Crippen molar-refractivity contribution in [1.29, 1.82) is 0 Å². The van der Waals surface area contributed by atoms with E-state index in [1.54, 1.807) is 0 Å². The molecule has 5 aliphatic rings. The minimum absolute atomic E-state index is 0.0960. The average molecular weight is 489 g/mol. The number of rotatable bonds is 7. The molecule has 3 aliphatic carbocycles. The molecule has 36 heavy (non-hydrogen) atoms. The van der Waals surface area contributed by atoms with Crippen LogP contribution in [0.1, 0.15) is 94.3 Å². The maximum absolute atomic E-state index is 13.7. The van der Waals surface area contributed by atoms with Crippen molar-refractivity contribution >= 4 is 17.9 Å². The van der Waals surface area contributed by atoms with Gasteiger partial charge in [0.25, 0.3) is 0 Å². The summed E-state index contributed by atoms with van der Waals surface area (Å²) >= 11 is 0. The molecule has 6 nitrogen and oxygen atoms in total. The molecule has 1 aromatic rings. The number of aryl methyl sites for hydroxylation is 1. The number of carbonyl (C=O) groups excluding carboxylic acids is 2. The number of hydrogen-bond acceptors (Lipinski definition) is 3. The van der Waals surface area contributed by atoms with Crippen LogP contribution in [0.4, 0.5) is 0 Å². The lowest BCUT2D eigenvalue weighted by Crippen LogP contribution is -2.49. The van der Waals surface area contributed by atoms with Crippen LogP contribution >= 0.6 is 0 Å². The number of likely N-dealkylation sites (tertiary alicyclic amines) is 2. The molecule has 1 N–H and O–H groups in total. The predicted molar refractivity (Wildman–Crippen MR) is 141 cm³/mol. The van der Waals surface area contributed by atoms with E-state index in [9.17, 15) is 9.59 Å². The van der Waals surface area contributed by atoms with Crippen molar-refractivity contribution in [3.63, 3.8) is 0 Å². The second-order valence-electron chi connectivity index (χ2n) is 11.9. The summed E-state index contributed by atoms with van der Waals surface area (Å²) in [6.07, 6.45) is 23.9. The molecule has 4 unspecified atom stereocenters. The topological polar surface area (TPSA) is 69.3 Å². The van der Waals surface area contributed by atoms with Crippen molar-refractivity contribution in [1.82, 2.24) is 19.8 Å². The van der Waals surface area contributed by atoms with Crippen LogP contribution in [0.15, 0.2) is 30.4 Å². The molecule has 2 amide bonds. The molecule has 1 saturated carbocycles. The van der Waals surface area contributed by atoms with Crippen molar-refractivity contribution in [3.8, 4) is 0 Å². The summed E-state index contributed by atoms with van der Waals surface area (Å²) in [6, 6.07) is 0.0237. The standard InChI is InChI=1S/C30H40N4O2/c1-30(15-4-2-3-5-16-30)17-14-22-8-6-18-33(22)29(36)25-9-7-19-34(25)27(35)13-12-26-31-24-11-10-21-20-23(21)28(24)32-26/h2,4-5,10-11,16,21-23,25H,3,6-9,12-15,17-20H2,1H3,(H,31,32)/t21?,22?,23?,25-,30?/m0/s1. The molecule has 0 spiro atoms. The first-order valence-corrected chi connectivity index (χ1v) is 14.2. The van der Waals surface area contributed by atoms with Gasteiger partial charge >= 0.3 is 0 Å². The molecule has 5 atom stereocenters. The summed E-state index contributed by atoms with van der Waals surface area (Å²) < 4.78 is 0. The van der Waals surface area contributed by atoms with Gasteiger partial charge in [-0.15, -0.1) is 0 Å². The van der Waals surface area contributed by atoms with Crippen LogP contribution in [0.5, 0.6) is 0 Å². The van der Waals surface area contributed by atoms with Crippen LogP contribution in [0, 0.1) is 11.3 Å². The quantitative estimate of drug-likeness (QED) is 0.540. The highest BCUT2D eigenvalue weighted by Gasteiger charge is 2.42. The molecular formula is C30H40N4O2. The van der Waals surface area contributed by atoms with Gasteiger partial charge in [-0.25, -0.2) is 4.98 Å². The van der Waals surface area contributed by atoms with Gasteiger partial charge in [0.15, 0.2) is 0 Å². The molecule has 2 aliphatic heterocycles. The van der Waals surface area contributed by atoms with Crippen molar-refractivity contribution in [3.05, 3.63) is 47.6 Å². The van der Waals surface area contributed by atoms with Gasteiger partial charge in [-0.3, -0.25) is 9.59 Å². The van der Waals surface area contributed by atoms with Gasteiger partial charge in [-0.05, 0) is 75.2 Å². The van der Waals surface area contributed by atoms with Crippen LogP contribution in [0.25, 0.3) is 6.08 Å². The van der Waals surface area contributed by atoms with Crippen molar-refractivity contribution in [2.45, 2.75) is 95.6 Å². The lowest BCUT2D eigenvalue weighted by Gasteiger charge is -2.33. The molecule has 3 fully saturated rings. The zero-order valence-electron chi connectivity index (χ0n) is 21.6. The third-order valence-corrected chi connectivity index (χ3v) is 9.21. The molecular weight excluding hydrogens is 448 g/mol. The Hall–Kier alpha value is -2.63. The highest BCUT2D eigenvalue weighted by Crippen LogP contribution is 2.51. The summed E-state index contributed by atoms with van der Waals surface area (Å²) in [7, 11) is 0. The third kappa shape index (κ3) is 4.71. The lowest BCUT2D eigenvalue weighted by atomic mass is 9.81. The second kappa shape index (κ2) is 9.68. The Kier molecular flexibility index (Phi) is 6.38. The van der Waals surface area contributed by atoms with Gasteiger partial charge in [-0.1, -0.05) is 37.3 Å². The van der Waals surface area contributed by atoms with Crippen LogP contribution in [-0.2, 0) is 16.0 Å². The molecule has 6 rings (SSSR count). The number of allylic oxidation sites excluding steroid dienone is 5. The molecule has 0 radical (unpaired) electrons. The summed E-state index contributed by atoms with van der Waals surface area (Å²) in [5.41, 5.74) is 2.49. The molecule has 3 heterocycles. The highest BCUT2D eigenvalue weighted by atomic mass is 16.2. The van der Waals surface area contributed by atoms with E-state index in [4.69, 9.17) is 4.98 Å². The summed E-state index contributed by atoms with van der Waals surface area (Å²) in [5.74, 6) is 2.47. The smallest absolute Gasteiger partial charge is 0.245 e. The fourth-order valence-electron chi connectivity index (χ4n) is 6.89. The number of hydrogen-bond donors (Lipinski definition) is 1. The second-order valence-corrected chi connectivity index (χ2v) is 11.9. The average Bonchev–Trinajstić information content (AvgIpc) is 3.21. The van der Waals surface area contributed by atoms with Crippen LogP contribution in [-0.4, -0.2) is 56.8 Å². The Morgan fingerprint density at radius 3 is 2.92 bits per heavy atom. The molecule has 1 aromatic heterocycles. The Bertz CT molecular complexity index is 1100. The maximum Gasteiger partial charge on any atom is 0.245 e. The number of aromatic nitrogens is 2. The third-order valence-electron chi connectivity index (χ3n) is 9.21. The van der Waals surface area contributed by atoms with Gasteiger partial charge < -0.3 is 14.8 Å². The number of H-pyrrole nitrogens is 1. The Balaban J connectivity index is 1.05. The van der Waals surface area contributed by atoms with E-state index in [0.29, 0.717) is 37.3 Å². The monoisotopic (exact) mass is 488 g/mol. The number of aromatic amines is 1. The lowest BCUT2D eigenvalue weighted by molar-refractivity contribution is -0.144. The molecule has 192 valence electrons. The van der Waals surface area contributed by atoms with Gasteiger partial charge in [-0.2, -0.15) is 0 Å². The van der Waals surface area contributed by atoms with Crippen molar-refractivity contribution in [2.75, 3.05) is 13.1 Å². The van der Waals surface area contributed by atoms with Gasteiger partial charge in [0.05, 0.1) is 5.69 Å². The number of imidazole rings is 1. The predicted octanol–water partition coefficient (Wildman–Crippen LogP) is 5.15. The van der Waals surface area contributed by atoms with Gasteiger partial charge in [0, 0.05) is 43.6 Å². The number of fused-ring (bicyclic) bond motifs is 3. The first kappa shape index (κ1) is 23.7. The summed E-state index contributed by atoms with van der Waals surface area (Å²) in [5, 5.41) is 0. The number of nitrogens with one attached hydrogen (secondary N) is 1. The largest absolute Gasteiger partial charge is 0.345 e. The minimum Gasteiger partial charge on any atom is -0.345 e.